The number of likely N-dealkylation sites (N-methyl/N-ethyl adjacent to an activating group) is 1. The molecule has 0 aliphatic carbocycles. The maximum atomic E-state index is 11.2. The van der Waals surface area contributed by atoms with Crippen LogP contribution in [-0.2, 0) is 19.6 Å². The van der Waals surface area contributed by atoms with Crippen LogP contribution in [0.15, 0.2) is 71.5 Å². The van der Waals surface area contributed by atoms with Gasteiger partial charge in [-0.3, -0.25) is 20.0 Å². The highest BCUT2D eigenvalue weighted by Crippen LogP contribution is 2.06. The fourth-order valence-electron chi connectivity index (χ4n) is 3.02. The summed E-state index contributed by atoms with van der Waals surface area (Å²) in [4.78, 5) is 21.7. The van der Waals surface area contributed by atoms with Crippen LogP contribution in [0.4, 0.5) is 0 Å². The summed E-state index contributed by atoms with van der Waals surface area (Å²) in [6, 6.07) is 21.2. The molecular formula is C23H30N6O2. The largest absolute Gasteiger partial charge is 0.493 e. The zero-order valence-electron chi connectivity index (χ0n) is 18.0. The van der Waals surface area contributed by atoms with Gasteiger partial charge in [0.05, 0.1) is 19.2 Å². The van der Waals surface area contributed by atoms with Gasteiger partial charge in [0, 0.05) is 13.1 Å². The van der Waals surface area contributed by atoms with Gasteiger partial charge in [-0.15, -0.1) is 0 Å². The van der Waals surface area contributed by atoms with Gasteiger partial charge in [0.2, 0.25) is 5.88 Å². The minimum absolute atomic E-state index is 0.207. The molecule has 1 heterocycles. The van der Waals surface area contributed by atoms with Crippen LogP contribution in [-0.4, -0.2) is 51.4 Å². The van der Waals surface area contributed by atoms with E-state index in [1.165, 1.54) is 11.1 Å². The third-order valence-electron chi connectivity index (χ3n) is 4.23. The van der Waals surface area contributed by atoms with Crippen molar-refractivity contribution in [2.45, 2.75) is 19.6 Å². The summed E-state index contributed by atoms with van der Waals surface area (Å²) in [7, 11) is 3.88. The van der Waals surface area contributed by atoms with Gasteiger partial charge in [0.15, 0.2) is 0 Å². The van der Waals surface area contributed by atoms with Crippen LogP contribution in [0, 0.1) is 5.41 Å². The molecule has 0 aliphatic rings. The van der Waals surface area contributed by atoms with Crippen LogP contribution in [0.1, 0.15) is 17.0 Å². The molecule has 0 unspecified atom stereocenters. The Morgan fingerprint density at radius 3 is 1.97 bits per heavy atom. The summed E-state index contributed by atoms with van der Waals surface area (Å²) in [5.41, 5.74) is 7.37. The Kier molecular flexibility index (Phi) is 9.41. The summed E-state index contributed by atoms with van der Waals surface area (Å²) in [5, 5.41) is 16.4. The van der Waals surface area contributed by atoms with Crippen LogP contribution >= 0.6 is 0 Å². The number of nitrogens with one attached hydrogen (secondary N) is 2. The molecule has 0 saturated carbocycles. The second kappa shape index (κ2) is 12.3. The molecule has 0 fully saturated rings. The fraction of sp³-hybridized carbons (Fsp3) is 0.261. The molecule has 8 nitrogen and oxygen atoms in total. The van der Waals surface area contributed by atoms with E-state index in [2.05, 4.69) is 22.1 Å². The lowest BCUT2D eigenvalue weighted by molar-refractivity contribution is 0.307. The molecule has 31 heavy (non-hydrogen) atoms. The first-order valence-corrected chi connectivity index (χ1v) is 9.89. The standard InChI is InChI=1S/C13H15N3O2.C10H15N3/c1-16(8-10-5-3-2-4-6-10)9-11-14-12(17)7-13(18)15-11;1-13(8-10(11)12)7-9-5-3-2-4-6-9/h2-7H,8-9H2,1H3,(H2,14,15,17,18);2-6H,7-8H2,1H3,(H3,11,12). The van der Waals surface area contributed by atoms with E-state index >= 15 is 0 Å². The maximum absolute atomic E-state index is 11.2. The molecule has 5 N–H and O–H groups in total. The molecule has 0 aliphatic heterocycles. The third-order valence-corrected chi connectivity index (χ3v) is 4.23. The van der Waals surface area contributed by atoms with Crippen LogP contribution in [0.5, 0.6) is 5.88 Å². The molecule has 0 atom stereocenters. The van der Waals surface area contributed by atoms with Gasteiger partial charge in [0.1, 0.15) is 11.7 Å². The Morgan fingerprint density at radius 1 is 0.968 bits per heavy atom. The lowest BCUT2D eigenvalue weighted by atomic mass is 10.2. The summed E-state index contributed by atoms with van der Waals surface area (Å²) >= 11 is 0. The molecule has 1 aromatic heterocycles. The molecule has 3 aromatic rings. The van der Waals surface area contributed by atoms with Crippen molar-refractivity contribution in [3.63, 3.8) is 0 Å². The average molecular weight is 423 g/mol. The highest BCUT2D eigenvalue weighted by Gasteiger charge is 2.05. The summed E-state index contributed by atoms with van der Waals surface area (Å²) < 4.78 is 0. The predicted octanol–water partition coefficient (Wildman–Crippen LogP) is 2.16. The molecule has 2 aromatic carbocycles. The second-order valence-corrected chi connectivity index (χ2v) is 7.39. The maximum Gasteiger partial charge on any atom is 0.254 e. The Hall–Kier alpha value is -3.49. The van der Waals surface area contributed by atoms with Gasteiger partial charge in [0.25, 0.3) is 5.56 Å². The van der Waals surface area contributed by atoms with Crippen molar-refractivity contribution in [1.82, 2.24) is 19.8 Å². The molecule has 3 rings (SSSR count). The van der Waals surface area contributed by atoms with Crippen molar-refractivity contribution in [2.24, 2.45) is 5.73 Å². The summed E-state index contributed by atoms with van der Waals surface area (Å²) in [6.07, 6.45) is 0. The van der Waals surface area contributed by atoms with Gasteiger partial charge in [-0.2, -0.15) is 4.98 Å². The topological polar surface area (TPSA) is 122 Å². The van der Waals surface area contributed by atoms with E-state index in [1.807, 2.05) is 72.4 Å². The quantitative estimate of drug-likeness (QED) is 0.326. The number of aromatic hydroxyl groups is 1. The number of aromatic nitrogens is 2. The molecule has 0 bridgehead atoms. The van der Waals surface area contributed by atoms with E-state index < -0.39 is 0 Å². The van der Waals surface area contributed by atoms with Crippen molar-refractivity contribution in [1.29, 1.82) is 5.41 Å². The number of hydrogen-bond acceptors (Lipinski definition) is 6. The number of nitrogens with zero attached hydrogens (tertiary/aromatic N) is 3. The minimum atomic E-state index is -0.342. The first-order chi connectivity index (χ1) is 14.8. The monoisotopic (exact) mass is 422 g/mol. The van der Waals surface area contributed by atoms with Crippen LogP contribution in [0.25, 0.3) is 0 Å². The van der Waals surface area contributed by atoms with Crippen LogP contribution in [0.2, 0.25) is 0 Å². The van der Waals surface area contributed by atoms with Crippen molar-refractivity contribution in [3.05, 3.63) is 94.0 Å². The SMILES string of the molecule is CN(CC(=N)N)Cc1ccccc1.CN(Cc1ccccc1)Cc1nc(O)cc(=O)[nH]1. The Labute approximate surface area is 182 Å². The van der Waals surface area contributed by atoms with E-state index in [0.717, 1.165) is 19.2 Å². The highest BCUT2D eigenvalue weighted by molar-refractivity contribution is 5.78. The van der Waals surface area contributed by atoms with E-state index in [-0.39, 0.29) is 17.3 Å². The van der Waals surface area contributed by atoms with Gasteiger partial charge in [-0.25, -0.2) is 0 Å². The van der Waals surface area contributed by atoms with Gasteiger partial charge in [-0.05, 0) is 25.2 Å². The highest BCUT2D eigenvalue weighted by atomic mass is 16.3. The van der Waals surface area contributed by atoms with Crippen LogP contribution in [0.3, 0.4) is 0 Å². The minimum Gasteiger partial charge on any atom is -0.493 e. The molecule has 0 amide bonds. The molecule has 164 valence electrons. The molecule has 0 saturated heterocycles. The first-order valence-electron chi connectivity index (χ1n) is 9.89. The van der Waals surface area contributed by atoms with E-state index in [1.54, 1.807) is 0 Å². The summed E-state index contributed by atoms with van der Waals surface area (Å²) in [5.74, 6) is 0.415. The molecule has 0 radical (unpaired) electrons. The number of aromatic amines is 1. The smallest absolute Gasteiger partial charge is 0.254 e. The number of amidine groups is 1. The van der Waals surface area contributed by atoms with Crippen LogP contribution < -0.4 is 11.3 Å². The number of benzene rings is 2. The Bertz CT molecular complexity index is 992. The average Bonchev–Trinajstić information content (AvgIpc) is 2.68. The summed E-state index contributed by atoms with van der Waals surface area (Å²) in [6.45, 7) is 2.58. The van der Waals surface area contributed by atoms with E-state index in [9.17, 15) is 9.90 Å². The Balaban J connectivity index is 0.000000233. The van der Waals surface area contributed by atoms with Crippen molar-refractivity contribution in [2.75, 3.05) is 20.6 Å². The first kappa shape index (κ1) is 23.8. The van der Waals surface area contributed by atoms with Gasteiger partial charge < -0.3 is 15.8 Å². The predicted molar refractivity (Wildman–Crippen MR) is 123 cm³/mol. The number of H-pyrrole nitrogens is 1. The van der Waals surface area contributed by atoms with E-state index in [4.69, 9.17) is 11.1 Å². The fourth-order valence-corrected chi connectivity index (χ4v) is 3.02. The lowest BCUT2D eigenvalue weighted by Gasteiger charge is -2.15. The van der Waals surface area contributed by atoms with Gasteiger partial charge in [-0.1, -0.05) is 60.7 Å². The Morgan fingerprint density at radius 2 is 1.48 bits per heavy atom. The zero-order valence-corrected chi connectivity index (χ0v) is 18.0. The van der Waals surface area contributed by atoms with Gasteiger partial charge >= 0.3 is 0 Å². The number of hydrogen-bond donors (Lipinski definition) is 4. The molecular weight excluding hydrogens is 392 g/mol. The third kappa shape index (κ3) is 9.70. The lowest BCUT2D eigenvalue weighted by Crippen LogP contribution is -2.29. The number of rotatable bonds is 8. The number of nitrogens with two attached hydrogens (primary N) is 1. The van der Waals surface area contributed by atoms with Crippen molar-refractivity contribution < 1.29 is 5.11 Å². The second-order valence-electron chi connectivity index (χ2n) is 7.39. The van der Waals surface area contributed by atoms with Crippen molar-refractivity contribution in [3.8, 4) is 5.88 Å². The molecule has 8 heteroatoms. The van der Waals surface area contributed by atoms with E-state index in [0.29, 0.717) is 18.9 Å². The zero-order chi connectivity index (χ0) is 22.6. The molecule has 0 spiro atoms. The normalized spacial score (nSPS) is 10.6. The van der Waals surface area contributed by atoms with Crippen molar-refractivity contribution >= 4 is 5.84 Å².